The molecule has 10 aliphatic heterocycles. The maximum Gasteiger partial charge on any atom is 0.420 e. The number of halogens is 6. The first-order chi connectivity index (χ1) is 42.5. The third kappa shape index (κ3) is 10.0. The molecule has 4 aromatic heterocycles. The van der Waals surface area contributed by atoms with Gasteiger partial charge in [0.1, 0.15) is 20.9 Å². The van der Waals surface area contributed by atoms with Gasteiger partial charge in [0.25, 0.3) is 11.8 Å². The number of benzene rings is 2. The number of fused-ring (bicyclic) bond motifs is 6. The molecule has 20 nitrogen and oxygen atoms in total. The van der Waals surface area contributed by atoms with Crippen LogP contribution in [0.4, 0.5) is 61.0 Å². The van der Waals surface area contributed by atoms with Crippen LogP contribution in [-0.2, 0) is 41.5 Å². The van der Waals surface area contributed by atoms with Crippen molar-refractivity contribution in [3.8, 4) is 21.1 Å². The summed E-state index contributed by atoms with van der Waals surface area (Å²) >= 11 is 1.22. The molecule has 30 heteroatoms. The van der Waals surface area contributed by atoms with Crippen LogP contribution in [-0.4, -0.2) is 183 Å². The van der Waals surface area contributed by atoms with Gasteiger partial charge >= 0.3 is 12.4 Å². The van der Waals surface area contributed by atoms with E-state index in [1.165, 1.54) is 9.80 Å². The van der Waals surface area contributed by atoms with Crippen molar-refractivity contribution in [1.29, 1.82) is 0 Å². The Morgan fingerprint density at radius 2 is 1.15 bits per heavy atom. The Labute approximate surface area is 514 Å². The number of piperazine rings is 2. The van der Waals surface area contributed by atoms with E-state index in [0.717, 1.165) is 67.8 Å². The highest BCUT2D eigenvalue weighted by atomic mass is 32.2. The standard InChI is InChI=1S/C59H58F6N12O8S4/c1-73-33-11-34(73)22-75(21-33)32-5-7-44(70-57-67-17-41(58(60,61)62)50(71-57)45-15-47-52(86-45)54(78)76(35-24-84-25-35)8-9-88(47,80)81)39(13-32)38-14-40(38)49-23-77(36-26-85-27-36)55(79)53-48(89(49,82)83)16-46(87-53)51-42(59(63,64)65)18-66-56(72-51)69-43-6-4-31(12-37(43)28-2-3-28)74-19-29-10-30(20-74)68-29/h4-7,12-13,15-18,28-30,33-36,38,40,49,68H,2-3,8-11,14,19-27H2,1H3,(H,66,69,72)(H,67,70,71). The fourth-order valence-corrected chi connectivity index (χ4v) is 20.7. The van der Waals surface area contributed by atoms with Crippen LogP contribution in [0.15, 0.2) is 70.7 Å². The molecule has 10 fully saturated rings. The zero-order valence-electron chi connectivity index (χ0n) is 47.6. The zero-order chi connectivity index (χ0) is 61.4. The molecule has 14 heterocycles. The number of likely N-dealkylation sites (N-methyl/N-ethyl adjacent to an activating group) is 1. The van der Waals surface area contributed by atoms with Gasteiger partial charge in [0.15, 0.2) is 19.7 Å². The third-order valence-electron chi connectivity index (χ3n) is 19.6. The normalized spacial score (nSPS) is 27.3. The molecule has 12 aliphatic rings. The molecule has 2 aliphatic carbocycles. The van der Waals surface area contributed by atoms with Crippen molar-refractivity contribution < 1.29 is 62.2 Å². The summed E-state index contributed by atoms with van der Waals surface area (Å²) in [6.45, 7) is 3.34. The molecule has 0 spiro atoms. The number of ether oxygens (including phenoxy) is 2. The molecule has 7 atom stereocenters. The molecule has 89 heavy (non-hydrogen) atoms. The molecule has 2 amide bonds. The average molecular weight is 1310 g/mol. The van der Waals surface area contributed by atoms with E-state index in [1.54, 1.807) is 6.07 Å². The second-order valence-electron chi connectivity index (χ2n) is 25.1. The molecule has 18 rings (SSSR count). The van der Waals surface area contributed by atoms with E-state index in [1.807, 2.05) is 24.3 Å². The lowest BCUT2D eigenvalue weighted by Gasteiger charge is -2.55. The predicted octanol–water partition coefficient (Wildman–Crippen LogP) is 8.00. The number of nitrogens with one attached hydrogen (secondary N) is 3. The fourth-order valence-electron chi connectivity index (χ4n) is 14.2. The van der Waals surface area contributed by atoms with Gasteiger partial charge in [-0.15, -0.1) is 22.7 Å². The van der Waals surface area contributed by atoms with Crippen LogP contribution in [0.5, 0.6) is 0 Å². The minimum atomic E-state index is -5.02. The number of piperidine rings is 2. The van der Waals surface area contributed by atoms with Crippen LogP contribution in [0, 0.1) is 5.92 Å². The SMILES string of the molecule is CN1C2CC1CN(c1ccc(Nc3ncc(C(F)(F)F)c(-c4cc5c(s4)C(=O)N(C4COC4)CCS5(=O)=O)n3)c(C3CC3C3CN(C4COC4)C(=O)c4sc(-c5nc(Nc6ccc(N7CC8CC(C7)N8)cc6C6CC6)ncc5C(F)(F)F)cc4S3(=O)=O)c1)C2. The van der Waals surface area contributed by atoms with E-state index < -0.39 is 111 Å². The lowest BCUT2D eigenvalue weighted by molar-refractivity contribution is -0.138. The summed E-state index contributed by atoms with van der Waals surface area (Å²) in [5.74, 6) is -3.23. The van der Waals surface area contributed by atoms with Crippen LogP contribution < -0.4 is 25.8 Å². The Morgan fingerprint density at radius 3 is 1.69 bits per heavy atom. The van der Waals surface area contributed by atoms with Gasteiger partial charge < -0.3 is 45.0 Å². The number of sulfone groups is 2. The highest BCUT2D eigenvalue weighted by molar-refractivity contribution is 7.92. The van der Waals surface area contributed by atoms with Gasteiger partial charge in [-0.1, -0.05) is 0 Å². The number of carbonyl (C=O) groups is 2. The number of carbonyl (C=O) groups excluding carboxylic acids is 2. The molecule has 7 unspecified atom stereocenters. The average Bonchev–Trinajstić information content (AvgIpc) is 1.59. The van der Waals surface area contributed by atoms with Crippen molar-refractivity contribution >= 4 is 88.8 Å². The van der Waals surface area contributed by atoms with Crippen LogP contribution in [0.1, 0.15) is 85.5 Å². The summed E-state index contributed by atoms with van der Waals surface area (Å²) in [7, 11) is -6.63. The van der Waals surface area contributed by atoms with Gasteiger partial charge in [-0.3, -0.25) is 14.5 Å². The lowest BCUT2D eigenvalue weighted by atomic mass is 9.88. The number of anilines is 6. The predicted molar refractivity (Wildman–Crippen MR) is 317 cm³/mol. The van der Waals surface area contributed by atoms with Crippen molar-refractivity contribution in [3.05, 3.63) is 92.9 Å². The van der Waals surface area contributed by atoms with E-state index in [2.05, 4.69) is 63.7 Å². The molecule has 2 saturated carbocycles. The Hall–Kier alpha value is -6.54. The van der Waals surface area contributed by atoms with Gasteiger partial charge in [0, 0.05) is 98.6 Å². The van der Waals surface area contributed by atoms with Gasteiger partial charge in [0.2, 0.25) is 11.9 Å². The van der Waals surface area contributed by atoms with Crippen LogP contribution in [0.25, 0.3) is 21.1 Å². The number of amides is 2. The first kappa shape index (κ1) is 57.6. The van der Waals surface area contributed by atoms with Crippen LogP contribution in [0.3, 0.4) is 0 Å². The number of thiophene rings is 2. The summed E-state index contributed by atoms with van der Waals surface area (Å²) in [6.07, 6.45) is -4.44. The van der Waals surface area contributed by atoms with Gasteiger partial charge in [-0.25, -0.2) is 36.8 Å². The van der Waals surface area contributed by atoms with E-state index in [-0.39, 0.29) is 95.3 Å². The first-order valence-electron chi connectivity index (χ1n) is 29.7. The molecule has 3 N–H and O–H groups in total. The van der Waals surface area contributed by atoms with Gasteiger partial charge in [0.05, 0.1) is 80.4 Å². The maximum absolute atomic E-state index is 15.6. The Balaban J connectivity index is 0.742. The highest BCUT2D eigenvalue weighted by Gasteiger charge is 2.55. The van der Waals surface area contributed by atoms with Gasteiger partial charge in [-0.05, 0) is 117 Å². The van der Waals surface area contributed by atoms with Crippen LogP contribution in [0.2, 0.25) is 0 Å². The van der Waals surface area contributed by atoms with Crippen molar-refractivity contribution in [2.45, 2.75) is 108 Å². The van der Waals surface area contributed by atoms with E-state index in [9.17, 15) is 31.2 Å². The van der Waals surface area contributed by atoms with Crippen LogP contribution >= 0.6 is 22.7 Å². The summed E-state index contributed by atoms with van der Waals surface area (Å²) in [4.78, 5) is 53.9. The molecule has 468 valence electrons. The highest BCUT2D eigenvalue weighted by Crippen LogP contribution is 2.57. The Bertz CT molecular complexity index is 4150. The van der Waals surface area contributed by atoms with E-state index >= 15 is 21.6 Å². The fraction of sp³-hybridized carbons (Fsp3) is 0.492. The number of hydrogen-bond donors (Lipinski definition) is 3. The molecule has 6 aromatic rings. The largest absolute Gasteiger partial charge is 0.420 e. The number of rotatable bonds is 13. The quantitative estimate of drug-likeness (QED) is 0.0932. The molecular weight excluding hydrogens is 1250 g/mol. The number of nitrogens with zero attached hydrogens (tertiary/aromatic N) is 9. The molecule has 2 aromatic carbocycles. The topological polar surface area (TPSA) is 225 Å². The minimum absolute atomic E-state index is 0.103. The van der Waals surface area contributed by atoms with Gasteiger partial charge in [-0.2, -0.15) is 26.3 Å². The van der Waals surface area contributed by atoms with Crippen molar-refractivity contribution in [2.75, 3.05) is 98.9 Å². The second kappa shape index (κ2) is 20.7. The Kier molecular flexibility index (Phi) is 13.4. The van der Waals surface area contributed by atoms with Crippen molar-refractivity contribution in [3.63, 3.8) is 0 Å². The third-order valence-corrected chi connectivity index (χ3v) is 26.1. The monoisotopic (exact) mass is 1300 g/mol. The Morgan fingerprint density at radius 1 is 0.629 bits per heavy atom. The maximum atomic E-state index is 15.6. The molecule has 8 saturated heterocycles. The number of aromatic nitrogens is 4. The summed E-state index contributed by atoms with van der Waals surface area (Å²) in [6, 6.07) is 14.2. The van der Waals surface area contributed by atoms with Crippen molar-refractivity contribution in [1.82, 2.24) is 40.0 Å². The number of alkyl halides is 6. The minimum Gasteiger partial charge on any atom is -0.377 e. The summed E-state index contributed by atoms with van der Waals surface area (Å²) < 4.78 is 160. The first-order valence-corrected chi connectivity index (χ1v) is 34.5. The smallest absolute Gasteiger partial charge is 0.377 e. The van der Waals surface area contributed by atoms with E-state index in [4.69, 9.17) is 9.47 Å². The lowest BCUT2D eigenvalue weighted by Crippen LogP contribution is -2.67. The molecule has 4 bridgehead atoms. The molecular formula is C59H58F6N12O8S4. The number of hydrogen-bond acceptors (Lipinski definition) is 20. The van der Waals surface area contributed by atoms with E-state index in [0.29, 0.717) is 77.2 Å². The molecule has 0 radical (unpaired) electrons. The summed E-state index contributed by atoms with van der Waals surface area (Å²) in [5, 5.41) is 8.57. The van der Waals surface area contributed by atoms with Crippen molar-refractivity contribution in [2.24, 2.45) is 5.92 Å². The zero-order valence-corrected chi connectivity index (χ0v) is 50.8. The second-order valence-corrected chi connectivity index (χ2v) is 31.5. The summed E-state index contributed by atoms with van der Waals surface area (Å²) in [5.41, 5.74) is 0.653.